The van der Waals surface area contributed by atoms with Gasteiger partial charge in [-0.1, -0.05) is 30.3 Å². The zero-order valence-electron chi connectivity index (χ0n) is 5.20. The summed E-state index contributed by atoms with van der Waals surface area (Å²) in [7, 11) is 0. The maximum Gasteiger partial charge on any atom is 0 e. The molecule has 0 spiro atoms. The second-order valence-electron chi connectivity index (χ2n) is 1.37. The van der Waals surface area contributed by atoms with Crippen LogP contribution in [0.4, 0.5) is 5.69 Å². The summed E-state index contributed by atoms with van der Waals surface area (Å²) in [5, 5.41) is 0. The standard InChI is InChI=1S/C6H6N.CO.W/c7-6-4-2-1-3-5-6;1-2;/h1-5,7H;;/q-1;;. The molecule has 10 heavy (non-hydrogen) atoms. The molecule has 0 saturated heterocycles. The predicted octanol–water partition coefficient (Wildman–Crippen LogP) is 2.33. The summed E-state index contributed by atoms with van der Waals surface area (Å²) < 4.78 is 7.50. The number of hydrogen-bond donors (Lipinski definition) is 0. The van der Waals surface area contributed by atoms with Crippen LogP contribution in [0.1, 0.15) is 0 Å². The Morgan fingerprint density at radius 1 is 1.10 bits per heavy atom. The van der Waals surface area contributed by atoms with E-state index in [0.29, 0.717) is 5.69 Å². The van der Waals surface area contributed by atoms with E-state index in [1.807, 2.05) is 18.2 Å². The molecule has 0 unspecified atom stereocenters. The van der Waals surface area contributed by atoms with Crippen LogP contribution in [-0.2, 0) is 25.7 Å². The fourth-order valence-electron chi connectivity index (χ4n) is 0.438. The molecule has 0 amide bonds. The van der Waals surface area contributed by atoms with Gasteiger partial charge in [-0.05, 0) is 0 Å². The Morgan fingerprint density at radius 2 is 1.50 bits per heavy atom. The van der Waals surface area contributed by atoms with Crippen molar-refractivity contribution >= 4 is 5.69 Å². The molecule has 0 bridgehead atoms. The molecule has 0 fully saturated rings. The number of hydrogen-bond acceptors (Lipinski definition) is 0. The van der Waals surface area contributed by atoms with Gasteiger partial charge in [0.2, 0.25) is 0 Å². The van der Waals surface area contributed by atoms with Gasteiger partial charge in [-0.15, -0.1) is 5.69 Å². The number of nitrogens with one attached hydrogen (secondary N) is 1. The van der Waals surface area contributed by atoms with Gasteiger partial charge in [0.1, 0.15) is 0 Å². The molecule has 0 aliphatic rings. The van der Waals surface area contributed by atoms with Crippen LogP contribution in [0, 0.1) is 6.65 Å². The molecule has 1 aromatic carbocycles. The molecule has 0 radical (unpaired) electrons. The molecular weight excluding hydrogens is 298 g/mol. The molecule has 52 valence electrons. The van der Waals surface area contributed by atoms with Crippen molar-refractivity contribution in [2.75, 3.05) is 0 Å². The summed E-state index contributed by atoms with van der Waals surface area (Å²) in [5.41, 5.74) is 7.57. The van der Waals surface area contributed by atoms with E-state index in [1.165, 1.54) is 0 Å². The summed E-state index contributed by atoms with van der Waals surface area (Å²) >= 11 is 0. The third-order valence-corrected chi connectivity index (χ3v) is 0.774. The van der Waals surface area contributed by atoms with Crippen LogP contribution in [0.25, 0.3) is 5.73 Å². The molecule has 0 aliphatic carbocycles. The smallest absolute Gasteiger partial charge is 0 e. The van der Waals surface area contributed by atoms with Crippen molar-refractivity contribution < 1.29 is 25.7 Å². The van der Waals surface area contributed by atoms with Gasteiger partial charge in [-0.25, -0.2) is 0 Å². The van der Waals surface area contributed by atoms with Gasteiger partial charge in [0, 0.05) is 21.1 Å². The maximum atomic E-state index is 7.50. The first kappa shape index (κ1) is 12.2. The molecule has 0 aromatic heterocycles. The summed E-state index contributed by atoms with van der Waals surface area (Å²) in [5.74, 6) is 0. The van der Waals surface area contributed by atoms with Crippen LogP contribution < -0.4 is 0 Å². The Kier molecular flexibility index (Phi) is 10.3. The molecule has 0 aliphatic heterocycles. The van der Waals surface area contributed by atoms with Crippen molar-refractivity contribution in [3.8, 4) is 0 Å². The predicted molar refractivity (Wildman–Crippen MR) is 34.4 cm³/mol. The minimum absolute atomic E-state index is 0. The molecule has 1 aromatic rings. The fourth-order valence-corrected chi connectivity index (χ4v) is 0.438. The van der Waals surface area contributed by atoms with Crippen molar-refractivity contribution in [3.63, 3.8) is 0 Å². The van der Waals surface area contributed by atoms with Gasteiger partial charge in [0.15, 0.2) is 0 Å². The number of benzene rings is 1. The van der Waals surface area contributed by atoms with Crippen LogP contribution >= 0.6 is 0 Å². The van der Waals surface area contributed by atoms with Gasteiger partial charge < -0.3 is 5.73 Å². The van der Waals surface area contributed by atoms with E-state index in [-0.39, 0.29) is 21.1 Å². The van der Waals surface area contributed by atoms with E-state index in [9.17, 15) is 0 Å². The second-order valence-corrected chi connectivity index (χ2v) is 1.37. The first-order valence-electron chi connectivity index (χ1n) is 2.36. The molecule has 0 atom stereocenters. The molecule has 0 saturated carbocycles. The molecular formula is C7H6NOW-. The van der Waals surface area contributed by atoms with Crippen molar-refractivity contribution in [1.82, 2.24) is 0 Å². The fraction of sp³-hybridized carbons (Fsp3) is 0. The number of rotatable bonds is 0. The van der Waals surface area contributed by atoms with Crippen LogP contribution in [0.2, 0.25) is 0 Å². The van der Waals surface area contributed by atoms with E-state index in [4.69, 9.17) is 10.4 Å². The van der Waals surface area contributed by atoms with Crippen molar-refractivity contribution in [1.29, 1.82) is 0 Å². The molecule has 1 rings (SSSR count). The summed E-state index contributed by atoms with van der Waals surface area (Å²) in [6.07, 6.45) is 0. The van der Waals surface area contributed by atoms with Crippen molar-refractivity contribution in [2.24, 2.45) is 0 Å². The summed E-state index contributed by atoms with van der Waals surface area (Å²) in [6, 6.07) is 9.10. The normalized spacial score (nSPS) is 6.20. The minimum atomic E-state index is 0. The van der Waals surface area contributed by atoms with Crippen LogP contribution in [0.5, 0.6) is 0 Å². The largest absolute Gasteiger partial charge is 0.699 e. The first-order chi connectivity index (χ1) is 4.39. The second kappa shape index (κ2) is 8.45. The molecule has 1 N–H and O–H groups in total. The summed E-state index contributed by atoms with van der Waals surface area (Å²) in [6.45, 7) is 4.50. The maximum absolute atomic E-state index is 7.50. The van der Waals surface area contributed by atoms with Gasteiger partial charge in [-0.2, -0.15) is 0 Å². The average molecular weight is 304 g/mol. The van der Waals surface area contributed by atoms with E-state index < -0.39 is 0 Å². The van der Waals surface area contributed by atoms with Crippen LogP contribution in [0.15, 0.2) is 30.3 Å². The first-order valence-corrected chi connectivity index (χ1v) is 2.36. The SMILES string of the molecule is [C-]#[O+].[NH-]c1ccccc1.[W]. The molecule has 0 heterocycles. The van der Waals surface area contributed by atoms with Gasteiger partial charge in [0.25, 0.3) is 0 Å². The van der Waals surface area contributed by atoms with E-state index in [0.717, 1.165) is 0 Å². The zero-order valence-corrected chi connectivity index (χ0v) is 8.14. The van der Waals surface area contributed by atoms with E-state index in [2.05, 4.69) is 6.65 Å². The minimum Gasteiger partial charge on any atom is -0.699 e. The Hall–Kier alpha value is -0.552. The Labute approximate surface area is 74.4 Å². The molecule has 2 nitrogen and oxygen atoms in total. The zero-order chi connectivity index (χ0) is 7.11. The monoisotopic (exact) mass is 304 g/mol. The van der Waals surface area contributed by atoms with Crippen LogP contribution in [0.3, 0.4) is 0 Å². The summed E-state index contributed by atoms with van der Waals surface area (Å²) in [4.78, 5) is 0. The van der Waals surface area contributed by atoms with Gasteiger partial charge in [-0.3, -0.25) is 0 Å². The third-order valence-electron chi connectivity index (χ3n) is 0.774. The van der Waals surface area contributed by atoms with Gasteiger partial charge >= 0.3 is 11.3 Å². The molecule has 3 heteroatoms. The van der Waals surface area contributed by atoms with E-state index >= 15 is 0 Å². The Bertz CT molecular complexity index is 173. The van der Waals surface area contributed by atoms with E-state index in [1.54, 1.807) is 12.1 Å². The van der Waals surface area contributed by atoms with Gasteiger partial charge in [0.05, 0.1) is 0 Å². The Balaban J connectivity index is 0. The quantitative estimate of drug-likeness (QED) is 0.522. The third kappa shape index (κ3) is 5.58. The Morgan fingerprint density at radius 3 is 1.70 bits per heavy atom. The van der Waals surface area contributed by atoms with Crippen molar-refractivity contribution in [3.05, 3.63) is 42.7 Å². The topological polar surface area (TPSA) is 43.7 Å². The van der Waals surface area contributed by atoms with Crippen molar-refractivity contribution in [2.45, 2.75) is 0 Å². The average Bonchev–Trinajstić information content (AvgIpc) is 1.94. The van der Waals surface area contributed by atoms with Crippen LogP contribution in [-0.4, -0.2) is 0 Å².